The molecule has 3 N–H and O–H groups in total. The van der Waals surface area contributed by atoms with Gasteiger partial charge in [-0.25, -0.2) is 0 Å². The topological polar surface area (TPSA) is 106 Å². The second kappa shape index (κ2) is 11.6. The van der Waals surface area contributed by atoms with Crippen LogP contribution in [0.2, 0.25) is 0 Å². The summed E-state index contributed by atoms with van der Waals surface area (Å²) in [6, 6.07) is 7.45. The Labute approximate surface area is 176 Å². The normalized spacial score (nSPS) is 14.9. The molecule has 150 valence electrons. The molecule has 0 bridgehead atoms. The highest BCUT2D eigenvalue weighted by Gasteiger charge is 2.26. The molecule has 1 aromatic carbocycles. The van der Waals surface area contributed by atoms with E-state index in [4.69, 9.17) is 15.2 Å². The number of halogens is 1. The number of nitrogens with one attached hydrogen (secondary N) is 1. The quantitative estimate of drug-likeness (QED) is 0.268. The minimum absolute atomic E-state index is 0. The molecule has 0 unspecified atom stereocenters. The van der Waals surface area contributed by atoms with Gasteiger partial charge >= 0.3 is 5.97 Å². The van der Waals surface area contributed by atoms with Gasteiger partial charge in [-0.15, -0.1) is 24.0 Å². The van der Waals surface area contributed by atoms with E-state index in [-0.39, 0.29) is 42.5 Å². The first-order valence-electron chi connectivity index (χ1n) is 8.57. The third-order valence-corrected chi connectivity index (χ3v) is 4.27. The van der Waals surface area contributed by atoms with Gasteiger partial charge in [0.1, 0.15) is 5.75 Å². The number of methoxy groups -OCH3 is 1. The third kappa shape index (κ3) is 7.24. The second-order valence-corrected chi connectivity index (χ2v) is 6.09. The van der Waals surface area contributed by atoms with E-state index in [2.05, 4.69) is 15.2 Å². The number of primary amides is 1. The molecule has 1 heterocycles. The van der Waals surface area contributed by atoms with Gasteiger partial charge < -0.3 is 25.4 Å². The monoisotopic (exact) mass is 490 g/mol. The van der Waals surface area contributed by atoms with Gasteiger partial charge in [-0.2, -0.15) is 0 Å². The zero-order chi connectivity index (χ0) is 18.9. The SMILES string of the molecule is CN=C(NCc1cccc(OCC(N)=O)c1)N1CCC(C(=O)OC)CC1.I. The van der Waals surface area contributed by atoms with Crippen molar-refractivity contribution < 1.29 is 19.1 Å². The van der Waals surface area contributed by atoms with Crippen LogP contribution in [0.25, 0.3) is 0 Å². The largest absolute Gasteiger partial charge is 0.484 e. The molecule has 1 aliphatic heterocycles. The van der Waals surface area contributed by atoms with Gasteiger partial charge in [0.2, 0.25) is 0 Å². The van der Waals surface area contributed by atoms with Crippen LogP contribution < -0.4 is 15.8 Å². The van der Waals surface area contributed by atoms with Gasteiger partial charge in [-0.1, -0.05) is 12.1 Å². The molecular weight excluding hydrogens is 463 g/mol. The summed E-state index contributed by atoms with van der Waals surface area (Å²) < 4.78 is 10.1. The van der Waals surface area contributed by atoms with Crippen molar-refractivity contribution in [2.75, 3.05) is 33.9 Å². The zero-order valence-corrected chi connectivity index (χ0v) is 18.0. The van der Waals surface area contributed by atoms with Crippen LogP contribution in [-0.2, 0) is 20.9 Å². The molecule has 27 heavy (non-hydrogen) atoms. The predicted octanol–water partition coefficient (Wildman–Crippen LogP) is 1.13. The molecule has 9 heteroatoms. The zero-order valence-electron chi connectivity index (χ0n) is 15.6. The lowest BCUT2D eigenvalue weighted by atomic mass is 9.97. The lowest BCUT2D eigenvalue weighted by Crippen LogP contribution is -2.46. The Morgan fingerprint density at radius 3 is 2.63 bits per heavy atom. The first kappa shape index (κ1) is 23.0. The van der Waals surface area contributed by atoms with Crippen molar-refractivity contribution in [1.29, 1.82) is 0 Å². The maximum atomic E-state index is 11.6. The molecule has 1 aliphatic rings. The number of benzene rings is 1. The van der Waals surface area contributed by atoms with Crippen LogP contribution in [0.15, 0.2) is 29.3 Å². The van der Waals surface area contributed by atoms with E-state index in [1.807, 2.05) is 18.2 Å². The van der Waals surface area contributed by atoms with Crippen LogP contribution in [0.4, 0.5) is 0 Å². The van der Waals surface area contributed by atoms with Gasteiger partial charge in [0.15, 0.2) is 12.6 Å². The Bertz CT molecular complexity index is 661. The second-order valence-electron chi connectivity index (χ2n) is 6.09. The van der Waals surface area contributed by atoms with Crippen molar-refractivity contribution in [3.05, 3.63) is 29.8 Å². The Morgan fingerprint density at radius 1 is 1.33 bits per heavy atom. The maximum absolute atomic E-state index is 11.6. The molecular formula is C18H27IN4O4. The Balaban J connectivity index is 0.00000364. The molecule has 0 radical (unpaired) electrons. The molecule has 1 fully saturated rings. The van der Waals surface area contributed by atoms with E-state index in [1.165, 1.54) is 7.11 Å². The molecule has 0 saturated carbocycles. The smallest absolute Gasteiger partial charge is 0.308 e. The number of guanidine groups is 1. The Morgan fingerprint density at radius 2 is 2.04 bits per heavy atom. The third-order valence-electron chi connectivity index (χ3n) is 4.27. The van der Waals surface area contributed by atoms with Crippen molar-refractivity contribution >= 4 is 41.8 Å². The van der Waals surface area contributed by atoms with E-state index in [0.29, 0.717) is 12.3 Å². The van der Waals surface area contributed by atoms with E-state index in [1.54, 1.807) is 13.1 Å². The van der Waals surface area contributed by atoms with Crippen molar-refractivity contribution in [2.45, 2.75) is 19.4 Å². The number of ether oxygens (including phenoxy) is 2. The molecule has 0 atom stereocenters. The fourth-order valence-electron chi connectivity index (χ4n) is 2.91. The van der Waals surface area contributed by atoms with Crippen LogP contribution in [-0.4, -0.2) is 56.6 Å². The summed E-state index contributed by atoms with van der Waals surface area (Å²) in [6.07, 6.45) is 1.51. The summed E-state index contributed by atoms with van der Waals surface area (Å²) >= 11 is 0. The lowest BCUT2D eigenvalue weighted by Gasteiger charge is -2.33. The number of amides is 1. The fourth-order valence-corrected chi connectivity index (χ4v) is 2.91. The van der Waals surface area contributed by atoms with Crippen molar-refractivity contribution in [3.63, 3.8) is 0 Å². The highest BCUT2D eigenvalue weighted by atomic mass is 127. The molecule has 0 spiro atoms. The number of aliphatic imine (C=N–C) groups is 1. The number of piperidine rings is 1. The average Bonchev–Trinajstić information content (AvgIpc) is 2.67. The van der Waals surface area contributed by atoms with E-state index >= 15 is 0 Å². The van der Waals surface area contributed by atoms with E-state index < -0.39 is 5.91 Å². The van der Waals surface area contributed by atoms with Crippen molar-refractivity contribution in [3.8, 4) is 5.75 Å². The number of nitrogens with two attached hydrogens (primary N) is 1. The maximum Gasteiger partial charge on any atom is 0.308 e. The number of esters is 1. The number of carbonyl (C=O) groups is 2. The number of likely N-dealkylation sites (tertiary alicyclic amines) is 1. The van der Waals surface area contributed by atoms with Gasteiger partial charge in [-0.05, 0) is 30.5 Å². The fraction of sp³-hybridized carbons (Fsp3) is 0.500. The summed E-state index contributed by atoms with van der Waals surface area (Å²) in [6.45, 7) is 1.92. The molecule has 0 aromatic heterocycles. The summed E-state index contributed by atoms with van der Waals surface area (Å²) in [4.78, 5) is 28.9. The first-order valence-corrected chi connectivity index (χ1v) is 8.57. The summed E-state index contributed by atoms with van der Waals surface area (Å²) in [5.74, 6) is 0.701. The number of hydrogen-bond donors (Lipinski definition) is 2. The summed E-state index contributed by atoms with van der Waals surface area (Å²) in [5.41, 5.74) is 6.09. The average molecular weight is 490 g/mol. The van der Waals surface area contributed by atoms with E-state index in [0.717, 1.165) is 37.5 Å². The van der Waals surface area contributed by atoms with Crippen molar-refractivity contribution in [2.24, 2.45) is 16.6 Å². The lowest BCUT2D eigenvalue weighted by molar-refractivity contribution is -0.146. The highest BCUT2D eigenvalue weighted by molar-refractivity contribution is 14.0. The van der Waals surface area contributed by atoms with Crippen LogP contribution in [0.3, 0.4) is 0 Å². The van der Waals surface area contributed by atoms with Gasteiger partial charge in [0, 0.05) is 26.7 Å². The molecule has 1 amide bonds. The molecule has 2 rings (SSSR count). The van der Waals surface area contributed by atoms with Gasteiger partial charge in [-0.3, -0.25) is 14.6 Å². The minimum atomic E-state index is -0.510. The van der Waals surface area contributed by atoms with Crippen LogP contribution in [0, 0.1) is 5.92 Å². The predicted molar refractivity (Wildman–Crippen MR) is 113 cm³/mol. The molecule has 0 aliphatic carbocycles. The summed E-state index contributed by atoms with van der Waals surface area (Å²) in [5, 5.41) is 3.32. The van der Waals surface area contributed by atoms with Gasteiger partial charge in [0.05, 0.1) is 13.0 Å². The van der Waals surface area contributed by atoms with Crippen LogP contribution in [0.5, 0.6) is 5.75 Å². The molecule has 8 nitrogen and oxygen atoms in total. The summed E-state index contributed by atoms with van der Waals surface area (Å²) in [7, 11) is 3.16. The number of carbonyl (C=O) groups excluding carboxylic acids is 2. The Hall–Kier alpha value is -2.04. The highest BCUT2D eigenvalue weighted by Crippen LogP contribution is 2.19. The standard InChI is InChI=1S/C18H26N4O4.HI/c1-20-18(22-8-6-14(7-9-22)17(24)25-2)21-11-13-4-3-5-15(10-13)26-12-16(19)23;/h3-5,10,14H,6-9,11-12H2,1-2H3,(H2,19,23)(H,20,21);1H. The molecule has 1 aromatic rings. The number of rotatable bonds is 6. The first-order chi connectivity index (χ1) is 12.5. The van der Waals surface area contributed by atoms with Gasteiger partial charge in [0.25, 0.3) is 5.91 Å². The number of nitrogens with zero attached hydrogens (tertiary/aromatic N) is 2. The van der Waals surface area contributed by atoms with Crippen LogP contribution in [0.1, 0.15) is 18.4 Å². The molecule has 1 saturated heterocycles. The Kier molecular flexibility index (Phi) is 9.90. The van der Waals surface area contributed by atoms with E-state index in [9.17, 15) is 9.59 Å². The van der Waals surface area contributed by atoms with Crippen LogP contribution >= 0.6 is 24.0 Å². The minimum Gasteiger partial charge on any atom is -0.484 e. The number of hydrogen-bond acceptors (Lipinski definition) is 5. The van der Waals surface area contributed by atoms with Crippen molar-refractivity contribution in [1.82, 2.24) is 10.2 Å².